The van der Waals surface area contributed by atoms with Gasteiger partial charge in [0.05, 0.1) is 6.54 Å². The van der Waals surface area contributed by atoms with Gasteiger partial charge in [0.15, 0.2) is 0 Å². The van der Waals surface area contributed by atoms with Gasteiger partial charge in [0, 0.05) is 0 Å². The molecule has 1 saturated heterocycles. The summed E-state index contributed by atoms with van der Waals surface area (Å²) < 4.78 is 25.5. The van der Waals surface area contributed by atoms with Crippen molar-refractivity contribution in [1.29, 1.82) is 0 Å². The number of thiophene rings is 1. The Kier molecular flexibility index (Phi) is 3.87. The summed E-state index contributed by atoms with van der Waals surface area (Å²) in [5.41, 5.74) is 0.312. The van der Waals surface area contributed by atoms with E-state index in [1.807, 2.05) is 5.32 Å². The normalized spacial score (nSPS) is 20.4. The maximum atomic E-state index is 12.5. The fourth-order valence-corrected chi connectivity index (χ4v) is 4.95. The number of imide groups is 1. The number of sulfonamides is 1. The highest BCUT2D eigenvalue weighted by Gasteiger charge is 2.40. The second-order valence-corrected chi connectivity index (χ2v) is 7.69. The Morgan fingerprint density at radius 1 is 1.48 bits per heavy atom. The fraction of sp³-hybridized carbons (Fsp3) is 0.364. The Balaban J connectivity index is 2.46. The summed E-state index contributed by atoms with van der Waals surface area (Å²) in [5, 5.41) is 11.0. The van der Waals surface area contributed by atoms with Crippen molar-refractivity contribution in [3.8, 4) is 0 Å². The molecule has 1 aromatic heterocycles. The van der Waals surface area contributed by atoms with Crippen LogP contribution in [0.1, 0.15) is 22.2 Å². The number of rotatable bonds is 3. The topological polar surface area (TPSA) is 121 Å². The van der Waals surface area contributed by atoms with Crippen molar-refractivity contribution in [3.63, 3.8) is 0 Å². The Morgan fingerprint density at radius 2 is 2.10 bits per heavy atom. The van der Waals surface area contributed by atoms with Gasteiger partial charge in [-0.25, -0.2) is 13.2 Å². The number of carboxylic acid groups (broad SMARTS) is 1. The highest BCUT2D eigenvalue weighted by molar-refractivity contribution is 7.91. The van der Waals surface area contributed by atoms with Crippen molar-refractivity contribution < 1.29 is 27.9 Å². The van der Waals surface area contributed by atoms with Gasteiger partial charge in [0.2, 0.25) is 11.8 Å². The number of hydrogen-bond donors (Lipinski definition) is 2. The lowest BCUT2D eigenvalue weighted by molar-refractivity contribution is -0.136. The summed E-state index contributed by atoms with van der Waals surface area (Å²) in [7, 11) is -4.11. The van der Waals surface area contributed by atoms with Gasteiger partial charge < -0.3 is 5.11 Å². The molecule has 114 valence electrons. The molecule has 2 heterocycles. The molecule has 0 saturated carbocycles. The van der Waals surface area contributed by atoms with Gasteiger partial charge in [0.1, 0.15) is 15.1 Å². The predicted molar refractivity (Wildman–Crippen MR) is 72.5 cm³/mol. The van der Waals surface area contributed by atoms with Crippen molar-refractivity contribution in [2.24, 2.45) is 0 Å². The van der Waals surface area contributed by atoms with Crippen LogP contribution < -0.4 is 5.32 Å². The maximum Gasteiger partial charge on any atom is 0.346 e. The van der Waals surface area contributed by atoms with E-state index in [2.05, 4.69) is 0 Å². The zero-order chi connectivity index (χ0) is 15.9. The summed E-state index contributed by atoms with van der Waals surface area (Å²) in [4.78, 5) is 33.8. The number of carbonyl (C=O) groups is 3. The first-order valence-electron chi connectivity index (χ1n) is 5.84. The van der Waals surface area contributed by atoms with E-state index < -0.39 is 40.4 Å². The number of carboxylic acids is 1. The van der Waals surface area contributed by atoms with Crippen molar-refractivity contribution in [2.45, 2.75) is 24.1 Å². The van der Waals surface area contributed by atoms with E-state index in [-0.39, 0.29) is 9.09 Å². The average Bonchev–Trinajstić information content (AvgIpc) is 2.76. The third-order valence-corrected chi connectivity index (χ3v) is 6.62. The minimum absolute atomic E-state index is 0.0889. The average molecular weight is 332 g/mol. The molecular weight excluding hydrogens is 320 g/mol. The van der Waals surface area contributed by atoms with E-state index in [1.54, 1.807) is 0 Å². The molecule has 1 aliphatic rings. The van der Waals surface area contributed by atoms with Crippen LogP contribution in [0.2, 0.25) is 0 Å². The van der Waals surface area contributed by atoms with Crippen LogP contribution in [-0.2, 0) is 19.6 Å². The van der Waals surface area contributed by atoms with Crippen LogP contribution in [-0.4, -0.2) is 48.2 Å². The van der Waals surface area contributed by atoms with Gasteiger partial charge in [0.25, 0.3) is 10.0 Å². The summed E-state index contributed by atoms with van der Waals surface area (Å²) in [5.74, 6) is -2.64. The Bertz CT molecular complexity index is 736. The first-order chi connectivity index (χ1) is 9.64. The number of aromatic carboxylic acids is 1. The van der Waals surface area contributed by atoms with Crippen molar-refractivity contribution >= 4 is 39.1 Å². The van der Waals surface area contributed by atoms with E-state index in [4.69, 9.17) is 5.11 Å². The number of nitrogens with one attached hydrogen (secondary N) is 1. The number of piperazine rings is 1. The highest BCUT2D eigenvalue weighted by Crippen LogP contribution is 2.29. The lowest BCUT2D eigenvalue weighted by Gasteiger charge is -2.30. The Labute approximate surface area is 124 Å². The van der Waals surface area contributed by atoms with E-state index >= 15 is 0 Å². The van der Waals surface area contributed by atoms with Gasteiger partial charge in [-0.15, -0.1) is 11.3 Å². The Morgan fingerprint density at radius 3 is 2.62 bits per heavy atom. The molecule has 2 N–H and O–H groups in total. The lowest BCUT2D eigenvalue weighted by atomic mass is 10.2. The molecule has 10 heteroatoms. The van der Waals surface area contributed by atoms with Gasteiger partial charge in [-0.2, -0.15) is 4.31 Å². The Hall–Kier alpha value is -1.78. The number of amides is 2. The minimum Gasteiger partial charge on any atom is -0.477 e. The molecule has 0 aromatic carbocycles. The number of hydrogen-bond acceptors (Lipinski definition) is 6. The fourth-order valence-electron chi connectivity index (χ4n) is 1.89. The summed E-state index contributed by atoms with van der Waals surface area (Å²) in [6.07, 6.45) is 0. The zero-order valence-electron chi connectivity index (χ0n) is 11.1. The van der Waals surface area contributed by atoms with Crippen LogP contribution in [0.25, 0.3) is 0 Å². The largest absolute Gasteiger partial charge is 0.477 e. The molecule has 21 heavy (non-hydrogen) atoms. The number of aryl methyl sites for hydroxylation is 1. The first kappa shape index (κ1) is 15.6. The van der Waals surface area contributed by atoms with E-state index in [0.717, 1.165) is 4.31 Å². The quantitative estimate of drug-likeness (QED) is 0.739. The lowest BCUT2D eigenvalue weighted by Crippen LogP contribution is -2.58. The van der Waals surface area contributed by atoms with E-state index in [1.165, 1.54) is 19.9 Å². The molecule has 1 aliphatic heterocycles. The highest BCUT2D eigenvalue weighted by atomic mass is 32.2. The summed E-state index contributed by atoms with van der Waals surface area (Å²) >= 11 is 0.601. The minimum atomic E-state index is -4.11. The van der Waals surface area contributed by atoms with Gasteiger partial charge in [-0.05, 0) is 25.5 Å². The van der Waals surface area contributed by atoms with Gasteiger partial charge >= 0.3 is 5.97 Å². The molecule has 1 unspecified atom stereocenters. The molecule has 0 aliphatic carbocycles. The van der Waals surface area contributed by atoms with Crippen LogP contribution in [0.3, 0.4) is 0 Å². The first-order valence-corrected chi connectivity index (χ1v) is 8.09. The van der Waals surface area contributed by atoms with E-state index in [9.17, 15) is 22.8 Å². The standard InChI is InChI=1S/C11H12N2O6S2/c1-5-3-8(20-9(5)11(16)17)21(18,19)13-4-7(14)12-10(15)6(13)2/h3,6H,4H2,1-2H3,(H,16,17)(H,12,14,15). The molecule has 1 fully saturated rings. The van der Waals surface area contributed by atoms with Crippen LogP contribution in [0.5, 0.6) is 0 Å². The van der Waals surface area contributed by atoms with E-state index in [0.29, 0.717) is 16.9 Å². The predicted octanol–water partition coefficient (Wildman–Crippen LogP) is -0.210. The molecule has 0 spiro atoms. The van der Waals surface area contributed by atoms with Gasteiger partial charge in [-0.1, -0.05) is 0 Å². The molecule has 0 bridgehead atoms. The molecule has 1 aromatic rings. The van der Waals surface area contributed by atoms with Gasteiger partial charge in [-0.3, -0.25) is 14.9 Å². The molecule has 0 radical (unpaired) electrons. The second kappa shape index (κ2) is 5.20. The maximum absolute atomic E-state index is 12.5. The molecular formula is C11H12N2O6S2. The second-order valence-electron chi connectivity index (χ2n) is 4.52. The van der Waals surface area contributed by atoms with Crippen LogP contribution >= 0.6 is 11.3 Å². The number of nitrogens with zero attached hydrogens (tertiary/aromatic N) is 1. The smallest absolute Gasteiger partial charge is 0.346 e. The number of carbonyl (C=O) groups excluding carboxylic acids is 2. The van der Waals surface area contributed by atoms with Crippen LogP contribution in [0, 0.1) is 6.92 Å². The summed E-state index contributed by atoms with van der Waals surface area (Å²) in [6.45, 7) is 2.36. The zero-order valence-corrected chi connectivity index (χ0v) is 12.7. The molecule has 2 rings (SSSR count). The van der Waals surface area contributed by atoms with Crippen molar-refractivity contribution in [2.75, 3.05) is 6.54 Å². The third-order valence-electron chi connectivity index (χ3n) is 3.03. The monoisotopic (exact) mass is 332 g/mol. The van der Waals surface area contributed by atoms with Crippen molar-refractivity contribution in [1.82, 2.24) is 9.62 Å². The summed E-state index contributed by atoms with van der Waals surface area (Å²) in [6, 6.07) is 0.191. The molecule has 8 nitrogen and oxygen atoms in total. The molecule has 2 amide bonds. The van der Waals surface area contributed by atoms with Crippen LogP contribution in [0.15, 0.2) is 10.3 Å². The third kappa shape index (κ3) is 2.69. The van der Waals surface area contributed by atoms with Crippen LogP contribution in [0.4, 0.5) is 0 Å². The SMILES string of the molecule is Cc1cc(S(=O)(=O)N2CC(=O)NC(=O)C2C)sc1C(=O)O. The molecule has 1 atom stereocenters. The van der Waals surface area contributed by atoms with Crippen molar-refractivity contribution in [3.05, 3.63) is 16.5 Å².